The van der Waals surface area contributed by atoms with Crippen molar-refractivity contribution in [1.29, 1.82) is 0 Å². The van der Waals surface area contributed by atoms with Crippen molar-refractivity contribution in [2.45, 2.75) is 25.3 Å². The van der Waals surface area contributed by atoms with Crippen LogP contribution in [-0.4, -0.2) is 55.0 Å². The number of amides is 1. The molecule has 3 rings (SSSR count). The van der Waals surface area contributed by atoms with Crippen LogP contribution in [0.5, 0.6) is 0 Å². The molecule has 1 N–H and O–H groups in total. The Morgan fingerprint density at radius 1 is 1.20 bits per heavy atom. The van der Waals surface area contributed by atoms with E-state index in [0.717, 1.165) is 37.3 Å². The molecule has 4 nitrogen and oxygen atoms in total. The van der Waals surface area contributed by atoms with Gasteiger partial charge in [0.25, 0.3) is 5.91 Å². The molecule has 0 aliphatic carbocycles. The molecule has 20 heavy (non-hydrogen) atoms. The maximum Gasteiger partial charge on any atom is 0.256 e. The van der Waals surface area contributed by atoms with Gasteiger partial charge in [0.15, 0.2) is 0 Å². The molecule has 2 saturated heterocycles. The van der Waals surface area contributed by atoms with Gasteiger partial charge in [-0.3, -0.25) is 9.69 Å². The van der Waals surface area contributed by atoms with E-state index in [-0.39, 0.29) is 5.91 Å². The van der Waals surface area contributed by atoms with Crippen molar-refractivity contribution < 1.29 is 4.79 Å². The fourth-order valence-electron chi connectivity index (χ4n) is 3.45. The Balaban J connectivity index is 1.79. The molecule has 1 unspecified atom stereocenters. The second kappa shape index (κ2) is 5.83. The topological polar surface area (TPSA) is 35.6 Å². The van der Waals surface area contributed by atoms with Crippen molar-refractivity contribution in [3.63, 3.8) is 0 Å². The van der Waals surface area contributed by atoms with Crippen LogP contribution < -0.4 is 5.32 Å². The third kappa shape index (κ3) is 2.52. The summed E-state index contributed by atoms with van der Waals surface area (Å²) in [5, 5.41) is 3.12. The van der Waals surface area contributed by atoms with Gasteiger partial charge in [-0.15, -0.1) is 0 Å². The number of nitrogens with zero attached hydrogens (tertiary/aromatic N) is 2. The third-order valence-corrected chi connectivity index (χ3v) is 4.52. The van der Waals surface area contributed by atoms with Crippen molar-refractivity contribution in [3.8, 4) is 0 Å². The summed E-state index contributed by atoms with van der Waals surface area (Å²) >= 11 is 0. The molecule has 1 atom stereocenters. The highest BCUT2D eigenvalue weighted by Crippen LogP contribution is 2.24. The SMILES string of the molecule is CNc1ccccc1C(=O)N1CCCN2CCCC2C1. The van der Waals surface area contributed by atoms with E-state index in [9.17, 15) is 4.79 Å². The van der Waals surface area contributed by atoms with E-state index in [2.05, 4.69) is 10.2 Å². The van der Waals surface area contributed by atoms with E-state index in [4.69, 9.17) is 0 Å². The molecule has 108 valence electrons. The van der Waals surface area contributed by atoms with Crippen molar-refractivity contribution in [2.75, 3.05) is 38.5 Å². The van der Waals surface area contributed by atoms with Crippen LogP contribution in [0.25, 0.3) is 0 Å². The smallest absolute Gasteiger partial charge is 0.256 e. The molecule has 4 heteroatoms. The molecular weight excluding hydrogens is 250 g/mol. The molecule has 0 bridgehead atoms. The van der Waals surface area contributed by atoms with E-state index in [0.29, 0.717) is 6.04 Å². The Morgan fingerprint density at radius 2 is 2.00 bits per heavy atom. The summed E-state index contributed by atoms with van der Waals surface area (Å²) in [5.41, 5.74) is 1.71. The molecule has 2 heterocycles. The largest absolute Gasteiger partial charge is 0.387 e. The van der Waals surface area contributed by atoms with Crippen LogP contribution in [0.15, 0.2) is 24.3 Å². The fraction of sp³-hybridized carbons (Fsp3) is 0.562. The van der Waals surface area contributed by atoms with Gasteiger partial charge < -0.3 is 10.2 Å². The minimum absolute atomic E-state index is 0.170. The first-order valence-electron chi connectivity index (χ1n) is 7.59. The van der Waals surface area contributed by atoms with Gasteiger partial charge in [-0.1, -0.05) is 12.1 Å². The van der Waals surface area contributed by atoms with Crippen LogP contribution >= 0.6 is 0 Å². The van der Waals surface area contributed by atoms with Crippen LogP contribution in [-0.2, 0) is 0 Å². The molecule has 1 aromatic rings. The normalized spacial score (nSPS) is 23.2. The predicted molar refractivity (Wildman–Crippen MR) is 81.1 cm³/mol. The van der Waals surface area contributed by atoms with E-state index in [1.54, 1.807) is 0 Å². The van der Waals surface area contributed by atoms with Crippen molar-refractivity contribution >= 4 is 11.6 Å². The monoisotopic (exact) mass is 273 g/mol. The van der Waals surface area contributed by atoms with Gasteiger partial charge in [-0.25, -0.2) is 0 Å². The lowest BCUT2D eigenvalue weighted by Gasteiger charge is -2.26. The number of fused-ring (bicyclic) bond motifs is 1. The fourth-order valence-corrected chi connectivity index (χ4v) is 3.45. The molecule has 0 radical (unpaired) electrons. The second-order valence-electron chi connectivity index (χ2n) is 5.73. The molecule has 1 aromatic carbocycles. The number of carbonyl (C=O) groups is 1. The maximum atomic E-state index is 12.8. The number of benzene rings is 1. The number of carbonyl (C=O) groups excluding carboxylic acids is 1. The number of nitrogens with one attached hydrogen (secondary N) is 1. The Labute approximate surface area is 120 Å². The first-order chi connectivity index (χ1) is 9.79. The van der Waals surface area contributed by atoms with E-state index < -0.39 is 0 Å². The van der Waals surface area contributed by atoms with Crippen molar-refractivity contribution in [1.82, 2.24) is 9.80 Å². The summed E-state index contributed by atoms with van der Waals surface area (Å²) in [6.45, 7) is 4.11. The zero-order valence-electron chi connectivity index (χ0n) is 12.1. The number of hydrogen-bond acceptors (Lipinski definition) is 3. The second-order valence-corrected chi connectivity index (χ2v) is 5.73. The van der Waals surface area contributed by atoms with Crippen LogP contribution in [0.2, 0.25) is 0 Å². The molecule has 1 amide bonds. The van der Waals surface area contributed by atoms with E-state index in [1.165, 1.54) is 19.4 Å². The Hall–Kier alpha value is -1.55. The van der Waals surface area contributed by atoms with E-state index >= 15 is 0 Å². The summed E-state index contributed by atoms with van der Waals surface area (Å²) in [4.78, 5) is 17.4. The first kappa shape index (κ1) is 13.4. The van der Waals surface area contributed by atoms with Crippen molar-refractivity contribution in [3.05, 3.63) is 29.8 Å². The summed E-state index contributed by atoms with van der Waals surface area (Å²) in [5.74, 6) is 0.170. The van der Waals surface area contributed by atoms with Gasteiger partial charge in [0.05, 0.1) is 5.56 Å². The van der Waals surface area contributed by atoms with Crippen LogP contribution in [0.3, 0.4) is 0 Å². The molecule has 0 saturated carbocycles. The lowest BCUT2D eigenvalue weighted by atomic mass is 10.1. The first-order valence-corrected chi connectivity index (χ1v) is 7.59. The maximum absolute atomic E-state index is 12.8. The van der Waals surface area contributed by atoms with Gasteiger partial charge in [0.2, 0.25) is 0 Å². The van der Waals surface area contributed by atoms with E-state index in [1.807, 2.05) is 36.2 Å². The van der Waals surface area contributed by atoms with Crippen LogP contribution in [0.4, 0.5) is 5.69 Å². The van der Waals surface area contributed by atoms with Gasteiger partial charge in [-0.2, -0.15) is 0 Å². The van der Waals surface area contributed by atoms with Gasteiger partial charge in [0.1, 0.15) is 0 Å². The van der Waals surface area contributed by atoms with Crippen LogP contribution in [0.1, 0.15) is 29.6 Å². The zero-order chi connectivity index (χ0) is 13.9. The molecular formula is C16H23N3O. The number of para-hydroxylation sites is 1. The molecule has 2 aliphatic heterocycles. The highest BCUT2D eigenvalue weighted by atomic mass is 16.2. The predicted octanol–water partition coefficient (Wildman–Crippen LogP) is 2.04. The Bertz CT molecular complexity index is 488. The van der Waals surface area contributed by atoms with Gasteiger partial charge in [-0.05, 0) is 37.9 Å². The molecule has 2 aliphatic rings. The highest BCUT2D eigenvalue weighted by molar-refractivity contribution is 5.99. The minimum atomic E-state index is 0.170. The summed E-state index contributed by atoms with van der Waals surface area (Å²) in [6, 6.07) is 8.36. The quantitative estimate of drug-likeness (QED) is 0.895. The summed E-state index contributed by atoms with van der Waals surface area (Å²) < 4.78 is 0. The molecule has 0 spiro atoms. The molecule has 0 aromatic heterocycles. The number of anilines is 1. The van der Waals surface area contributed by atoms with Crippen LogP contribution in [0, 0.1) is 0 Å². The lowest BCUT2D eigenvalue weighted by molar-refractivity contribution is 0.0744. The third-order valence-electron chi connectivity index (χ3n) is 4.52. The number of rotatable bonds is 2. The average molecular weight is 273 g/mol. The number of hydrogen-bond donors (Lipinski definition) is 1. The molecule has 2 fully saturated rings. The standard InChI is InChI=1S/C16H23N3O/c1-17-15-8-3-2-7-14(15)16(20)19-11-5-10-18-9-4-6-13(18)12-19/h2-3,7-8,13,17H,4-6,9-12H2,1H3. The summed E-state index contributed by atoms with van der Waals surface area (Å²) in [6.07, 6.45) is 3.60. The summed E-state index contributed by atoms with van der Waals surface area (Å²) in [7, 11) is 1.87. The Morgan fingerprint density at radius 3 is 2.85 bits per heavy atom. The van der Waals surface area contributed by atoms with Crippen molar-refractivity contribution in [2.24, 2.45) is 0 Å². The van der Waals surface area contributed by atoms with Gasteiger partial charge in [0, 0.05) is 38.4 Å². The highest BCUT2D eigenvalue weighted by Gasteiger charge is 2.31. The van der Waals surface area contributed by atoms with Gasteiger partial charge >= 0.3 is 0 Å². The zero-order valence-corrected chi connectivity index (χ0v) is 12.1. The Kier molecular flexibility index (Phi) is 3.92. The lowest BCUT2D eigenvalue weighted by Crippen LogP contribution is -2.39. The average Bonchev–Trinajstić information content (AvgIpc) is 2.83. The minimum Gasteiger partial charge on any atom is -0.387 e.